The molecule has 0 atom stereocenters. The Balaban J connectivity index is 1.93. The van der Waals surface area contributed by atoms with E-state index in [1.807, 2.05) is 24.3 Å². The Kier molecular flexibility index (Phi) is 7.60. The highest BCUT2D eigenvalue weighted by Gasteiger charge is 2.40. The van der Waals surface area contributed by atoms with Crippen LogP contribution in [0.25, 0.3) is 24.3 Å². The molecule has 0 bridgehead atoms. The molecule has 4 rings (SSSR count). The molecule has 0 heteroatoms. The van der Waals surface area contributed by atoms with Gasteiger partial charge in [0.15, 0.2) is 0 Å². The number of benzene rings is 4. The monoisotopic (exact) mass is 480 g/mol. The average molecular weight is 481 g/mol. The predicted molar refractivity (Wildman–Crippen MR) is 164 cm³/mol. The van der Waals surface area contributed by atoms with E-state index < -0.39 is 0 Å². The van der Waals surface area contributed by atoms with Crippen molar-refractivity contribution in [3.05, 3.63) is 168 Å². The van der Waals surface area contributed by atoms with E-state index in [1.165, 1.54) is 22.3 Å². The third kappa shape index (κ3) is 5.20. The minimum Gasteiger partial charge on any atom is -0.0985 e. The van der Waals surface area contributed by atoms with Gasteiger partial charge in [-0.1, -0.05) is 162 Å². The molecule has 0 radical (unpaired) electrons. The Labute approximate surface area is 223 Å². The molecule has 37 heavy (non-hydrogen) atoms. The zero-order chi connectivity index (χ0) is 26.5. The normalized spacial score (nSPS) is 11.5. The van der Waals surface area contributed by atoms with E-state index in [2.05, 4.69) is 137 Å². The van der Waals surface area contributed by atoms with Gasteiger partial charge in [-0.05, 0) is 50.9 Å². The van der Waals surface area contributed by atoms with Crippen molar-refractivity contribution in [3.8, 4) is 0 Å². The zero-order valence-corrected chi connectivity index (χ0v) is 22.1. The molecule has 0 saturated carbocycles. The van der Waals surface area contributed by atoms with Crippen LogP contribution in [0.1, 0.15) is 64.8 Å². The summed E-state index contributed by atoms with van der Waals surface area (Å²) in [5, 5.41) is 0. The van der Waals surface area contributed by atoms with Crippen LogP contribution in [0.3, 0.4) is 0 Å². The summed E-state index contributed by atoms with van der Waals surface area (Å²) in [5.41, 5.74) is 9.08. The maximum absolute atomic E-state index is 3.94. The molecule has 0 N–H and O–H groups in total. The first-order valence-corrected chi connectivity index (χ1v) is 12.8. The van der Waals surface area contributed by atoms with E-state index in [0.29, 0.717) is 0 Å². The summed E-state index contributed by atoms with van der Waals surface area (Å²) in [7, 11) is 0. The summed E-state index contributed by atoms with van der Waals surface area (Å²) in [6, 6.07) is 35.3. The fourth-order valence-corrected chi connectivity index (χ4v) is 5.40. The molecule has 0 unspecified atom stereocenters. The summed E-state index contributed by atoms with van der Waals surface area (Å²) in [6.45, 7) is 20.5. The summed E-state index contributed by atoms with van der Waals surface area (Å²) in [6.07, 6.45) is 8.46. The van der Waals surface area contributed by atoms with Gasteiger partial charge in [0, 0.05) is 10.8 Å². The fourth-order valence-electron chi connectivity index (χ4n) is 5.40. The zero-order valence-electron chi connectivity index (χ0n) is 22.1. The second-order valence-corrected chi connectivity index (χ2v) is 10.1. The van der Waals surface area contributed by atoms with Crippen LogP contribution in [0.5, 0.6) is 0 Å². The van der Waals surface area contributed by atoms with Gasteiger partial charge in [0.1, 0.15) is 0 Å². The summed E-state index contributed by atoms with van der Waals surface area (Å²) in [4.78, 5) is 0. The Morgan fingerprint density at radius 1 is 0.405 bits per heavy atom. The lowest BCUT2D eigenvalue weighted by atomic mass is 9.61. The molecule has 0 nitrogen and oxygen atoms in total. The number of hydrogen-bond donors (Lipinski definition) is 0. The summed E-state index contributed by atoms with van der Waals surface area (Å²) in [5.74, 6) is 0. The fraction of sp³-hybridized carbons (Fsp3) is 0.135. The van der Waals surface area contributed by atoms with Gasteiger partial charge in [0.05, 0.1) is 0 Å². The van der Waals surface area contributed by atoms with Crippen LogP contribution < -0.4 is 0 Å². The lowest BCUT2D eigenvalue weighted by Crippen LogP contribution is -2.36. The third-order valence-electron chi connectivity index (χ3n) is 7.84. The van der Waals surface area contributed by atoms with E-state index >= 15 is 0 Å². The molecule has 0 amide bonds. The van der Waals surface area contributed by atoms with Crippen molar-refractivity contribution in [1.29, 1.82) is 0 Å². The largest absolute Gasteiger partial charge is 0.0985 e. The molecule has 0 aromatic heterocycles. The van der Waals surface area contributed by atoms with Gasteiger partial charge in [0.2, 0.25) is 0 Å². The van der Waals surface area contributed by atoms with Gasteiger partial charge >= 0.3 is 0 Å². The predicted octanol–water partition coefficient (Wildman–Crippen LogP) is 9.96. The van der Waals surface area contributed by atoms with Crippen molar-refractivity contribution in [3.63, 3.8) is 0 Å². The van der Waals surface area contributed by atoms with Gasteiger partial charge in [0.25, 0.3) is 0 Å². The summed E-state index contributed by atoms with van der Waals surface area (Å²) >= 11 is 0. The first kappa shape index (κ1) is 25.9. The molecule has 0 aliphatic carbocycles. The van der Waals surface area contributed by atoms with Gasteiger partial charge in [-0.15, -0.1) is 0 Å². The van der Waals surface area contributed by atoms with E-state index in [1.54, 1.807) is 0 Å². The van der Waals surface area contributed by atoms with Gasteiger partial charge in [-0.2, -0.15) is 0 Å². The molecule has 4 aromatic rings. The average Bonchev–Trinajstić information content (AvgIpc) is 2.97. The van der Waals surface area contributed by atoms with Crippen LogP contribution in [0, 0.1) is 0 Å². The Morgan fingerprint density at radius 2 is 0.595 bits per heavy atom. The molecule has 184 valence electrons. The van der Waals surface area contributed by atoms with Crippen LogP contribution in [0.4, 0.5) is 0 Å². The van der Waals surface area contributed by atoms with E-state index in [0.717, 1.165) is 28.7 Å². The second kappa shape index (κ2) is 10.8. The standard InChI is InChI=1S/C37H36/c1-7-28-11-19-32(20-12-28)36(5,33-21-13-29(8-2)14-22-33)27-37(6,34-23-15-30(9-3)16-24-34)35-25-17-31(10-4)18-26-35/h7-26H,1-4,27H2,5-6H3. The molecular weight excluding hydrogens is 444 g/mol. The van der Waals surface area contributed by atoms with Crippen LogP contribution >= 0.6 is 0 Å². The highest BCUT2D eigenvalue weighted by molar-refractivity contribution is 5.55. The first-order chi connectivity index (χ1) is 17.9. The molecule has 0 aliphatic rings. The van der Waals surface area contributed by atoms with Crippen molar-refractivity contribution in [2.75, 3.05) is 0 Å². The van der Waals surface area contributed by atoms with Crippen molar-refractivity contribution < 1.29 is 0 Å². The van der Waals surface area contributed by atoms with Gasteiger partial charge in [-0.3, -0.25) is 0 Å². The molecule has 0 aliphatic heterocycles. The van der Waals surface area contributed by atoms with Crippen LogP contribution in [-0.2, 0) is 10.8 Å². The number of rotatable bonds is 10. The molecule has 0 spiro atoms. The van der Waals surface area contributed by atoms with Crippen LogP contribution in [-0.4, -0.2) is 0 Å². The van der Waals surface area contributed by atoms with Gasteiger partial charge < -0.3 is 0 Å². The van der Waals surface area contributed by atoms with E-state index in [9.17, 15) is 0 Å². The quantitative estimate of drug-likeness (QED) is 0.212. The van der Waals surface area contributed by atoms with Crippen molar-refractivity contribution in [1.82, 2.24) is 0 Å². The summed E-state index contributed by atoms with van der Waals surface area (Å²) < 4.78 is 0. The Morgan fingerprint density at radius 3 is 0.757 bits per heavy atom. The molecule has 4 aromatic carbocycles. The maximum atomic E-state index is 3.94. The minimum absolute atomic E-state index is 0.262. The maximum Gasteiger partial charge on any atom is 0.0186 e. The van der Waals surface area contributed by atoms with Crippen LogP contribution in [0.2, 0.25) is 0 Å². The molecule has 0 heterocycles. The Bertz CT molecular complexity index is 1170. The van der Waals surface area contributed by atoms with Crippen molar-refractivity contribution in [2.24, 2.45) is 0 Å². The van der Waals surface area contributed by atoms with E-state index in [-0.39, 0.29) is 10.8 Å². The minimum atomic E-state index is -0.262. The lowest BCUT2D eigenvalue weighted by Gasteiger charge is -2.42. The highest BCUT2D eigenvalue weighted by Crippen LogP contribution is 2.47. The molecule has 0 fully saturated rings. The van der Waals surface area contributed by atoms with E-state index in [4.69, 9.17) is 0 Å². The van der Waals surface area contributed by atoms with Gasteiger partial charge in [-0.25, -0.2) is 0 Å². The third-order valence-corrected chi connectivity index (χ3v) is 7.84. The van der Waals surface area contributed by atoms with Crippen molar-refractivity contribution in [2.45, 2.75) is 31.1 Å². The smallest absolute Gasteiger partial charge is 0.0186 e. The second-order valence-electron chi connectivity index (χ2n) is 10.1. The topological polar surface area (TPSA) is 0 Å². The first-order valence-electron chi connectivity index (χ1n) is 12.8. The molecular formula is C37H36. The Hall–Kier alpha value is -4.16. The van der Waals surface area contributed by atoms with Crippen molar-refractivity contribution >= 4 is 24.3 Å². The number of hydrogen-bond acceptors (Lipinski definition) is 0. The molecule has 0 saturated heterocycles. The van der Waals surface area contributed by atoms with Crippen LogP contribution in [0.15, 0.2) is 123 Å². The highest BCUT2D eigenvalue weighted by atomic mass is 14.4. The SMILES string of the molecule is C=Cc1ccc(C(C)(CC(C)(c2ccc(C=C)cc2)c2ccc(C=C)cc2)c2ccc(C=C)cc2)cc1. The lowest BCUT2D eigenvalue weighted by molar-refractivity contribution is 0.393.